The first-order valence-electron chi connectivity index (χ1n) is 4.44. The highest BCUT2D eigenvalue weighted by atomic mass is 19.3. The zero-order valence-corrected chi connectivity index (χ0v) is 7.54. The van der Waals surface area contributed by atoms with Crippen molar-refractivity contribution < 1.29 is 13.5 Å². The van der Waals surface area contributed by atoms with E-state index < -0.39 is 6.61 Å². The van der Waals surface area contributed by atoms with Gasteiger partial charge in [0.15, 0.2) is 0 Å². The molecule has 1 fully saturated rings. The number of alkyl halides is 2. The minimum Gasteiger partial charge on any atom is -0.435 e. The number of benzene rings is 1. The van der Waals surface area contributed by atoms with Crippen molar-refractivity contribution in [3.63, 3.8) is 0 Å². The van der Waals surface area contributed by atoms with E-state index in [-0.39, 0.29) is 11.3 Å². The van der Waals surface area contributed by atoms with Gasteiger partial charge >= 0.3 is 6.61 Å². The van der Waals surface area contributed by atoms with E-state index >= 15 is 0 Å². The van der Waals surface area contributed by atoms with Gasteiger partial charge in [-0.25, -0.2) is 0 Å². The fourth-order valence-corrected chi connectivity index (χ4v) is 1.41. The van der Waals surface area contributed by atoms with Gasteiger partial charge in [0.2, 0.25) is 0 Å². The number of halogens is 2. The van der Waals surface area contributed by atoms with Crippen LogP contribution in [0.15, 0.2) is 24.3 Å². The molecule has 1 aromatic carbocycles. The summed E-state index contributed by atoms with van der Waals surface area (Å²) in [6.45, 7) is -2.78. The lowest BCUT2D eigenvalue weighted by Gasteiger charge is -2.11. The first kappa shape index (κ1) is 9.40. The fraction of sp³-hybridized carbons (Fsp3) is 0.400. The molecule has 0 spiro atoms. The van der Waals surface area contributed by atoms with E-state index in [4.69, 9.17) is 5.73 Å². The van der Waals surface area contributed by atoms with Crippen molar-refractivity contribution >= 4 is 0 Å². The summed E-state index contributed by atoms with van der Waals surface area (Å²) in [4.78, 5) is 0. The van der Waals surface area contributed by atoms with Gasteiger partial charge in [0.25, 0.3) is 0 Å². The van der Waals surface area contributed by atoms with Crippen LogP contribution in [0.5, 0.6) is 5.75 Å². The van der Waals surface area contributed by atoms with E-state index in [9.17, 15) is 8.78 Å². The molecule has 1 saturated carbocycles. The SMILES string of the molecule is NC1(c2cccc(OC(F)F)c2)CC1. The zero-order valence-electron chi connectivity index (χ0n) is 7.54. The summed E-state index contributed by atoms with van der Waals surface area (Å²) >= 11 is 0. The Labute approximate surface area is 80.7 Å². The maximum absolute atomic E-state index is 11.9. The van der Waals surface area contributed by atoms with Crippen LogP contribution >= 0.6 is 0 Å². The molecule has 1 aromatic rings. The topological polar surface area (TPSA) is 35.2 Å². The van der Waals surface area contributed by atoms with Gasteiger partial charge < -0.3 is 10.5 Å². The first-order chi connectivity index (χ1) is 6.60. The summed E-state index contributed by atoms with van der Waals surface area (Å²) in [5.41, 5.74) is 6.49. The smallest absolute Gasteiger partial charge is 0.387 e. The molecule has 0 heterocycles. The Morgan fingerprint density at radius 2 is 2.07 bits per heavy atom. The maximum atomic E-state index is 11.9. The Bertz CT molecular complexity index is 337. The molecule has 76 valence electrons. The van der Waals surface area contributed by atoms with Crippen molar-refractivity contribution in [1.29, 1.82) is 0 Å². The highest BCUT2D eigenvalue weighted by Crippen LogP contribution is 2.43. The molecule has 2 rings (SSSR count). The van der Waals surface area contributed by atoms with Gasteiger partial charge in [-0.3, -0.25) is 0 Å². The second-order valence-corrected chi connectivity index (χ2v) is 3.56. The minimum absolute atomic E-state index is 0.175. The van der Waals surface area contributed by atoms with Crippen LogP contribution in [0.25, 0.3) is 0 Å². The van der Waals surface area contributed by atoms with E-state index in [2.05, 4.69) is 4.74 Å². The van der Waals surface area contributed by atoms with Crippen LogP contribution in [-0.2, 0) is 5.54 Å². The molecule has 0 amide bonds. The molecule has 2 nitrogen and oxygen atoms in total. The molecule has 0 aromatic heterocycles. The number of ether oxygens (including phenoxy) is 1. The average Bonchev–Trinajstić information content (AvgIpc) is 2.84. The van der Waals surface area contributed by atoms with Crippen LogP contribution in [0.2, 0.25) is 0 Å². The van der Waals surface area contributed by atoms with Crippen LogP contribution in [0, 0.1) is 0 Å². The largest absolute Gasteiger partial charge is 0.435 e. The molecule has 0 radical (unpaired) electrons. The van der Waals surface area contributed by atoms with E-state index in [1.165, 1.54) is 6.07 Å². The molecular formula is C10H11F2NO. The van der Waals surface area contributed by atoms with Crippen LogP contribution in [-0.4, -0.2) is 6.61 Å². The third kappa shape index (κ3) is 1.85. The molecule has 4 heteroatoms. The van der Waals surface area contributed by atoms with Crippen molar-refractivity contribution in [2.24, 2.45) is 5.73 Å². The average molecular weight is 199 g/mol. The molecule has 0 atom stereocenters. The van der Waals surface area contributed by atoms with Crippen LogP contribution < -0.4 is 10.5 Å². The van der Waals surface area contributed by atoms with Gasteiger partial charge in [-0.05, 0) is 30.5 Å². The standard InChI is InChI=1S/C10H11F2NO/c11-9(12)14-8-3-1-2-7(6-8)10(13)4-5-10/h1-3,6,9H,4-5,13H2. The van der Waals surface area contributed by atoms with Gasteiger partial charge in [-0.1, -0.05) is 12.1 Å². The van der Waals surface area contributed by atoms with Gasteiger partial charge in [-0.15, -0.1) is 0 Å². The highest BCUT2D eigenvalue weighted by molar-refractivity contribution is 5.36. The van der Waals surface area contributed by atoms with Crippen LogP contribution in [0.1, 0.15) is 18.4 Å². The quantitative estimate of drug-likeness (QED) is 0.810. The van der Waals surface area contributed by atoms with Crippen LogP contribution in [0.3, 0.4) is 0 Å². The zero-order chi connectivity index (χ0) is 10.2. The number of hydrogen-bond donors (Lipinski definition) is 1. The third-order valence-electron chi connectivity index (χ3n) is 2.42. The monoisotopic (exact) mass is 199 g/mol. The molecule has 0 aliphatic heterocycles. The van der Waals surface area contributed by atoms with E-state index in [0.717, 1.165) is 18.4 Å². The molecule has 0 unspecified atom stereocenters. The third-order valence-corrected chi connectivity index (χ3v) is 2.42. The molecule has 0 bridgehead atoms. The van der Waals surface area contributed by atoms with E-state index in [1.807, 2.05) is 6.07 Å². The Hall–Kier alpha value is -1.16. The van der Waals surface area contributed by atoms with Gasteiger partial charge in [0, 0.05) is 5.54 Å². The normalized spacial score (nSPS) is 18.3. The lowest BCUT2D eigenvalue weighted by molar-refractivity contribution is -0.0499. The van der Waals surface area contributed by atoms with Crippen LogP contribution in [0.4, 0.5) is 8.78 Å². The Balaban J connectivity index is 2.19. The summed E-state index contributed by atoms with van der Waals surface area (Å²) in [6.07, 6.45) is 1.82. The first-order valence-corrected chi connectivity index (χ1v) is 4.44. The van der Waals surface area contributed by atoms with Crippen molar-refractivity contribution in [2.45, 2.75) is 25.0 Å². The number of hydrogen-bond acceptors (Lipinski definition) is 2. The summed E-state index contributed by atoms with van der Waals surface area (Å²) in [5, 5.41) is 0. The summed E-state index contributed by atoms with van der Waals surface area (Å²) in [7, 11) is 0. The number of rotatable bonds is 3. The van der Waals surface area contributed by atoms with E-state index in [0.29, 0.717) is 0 Å². The molecule has 1 aliphatic carbocycles. The summed E-state index contributed by atoms with van der Waals surface area (Å²) < 4.78 is 28.1. The molecular weight excluding hydrogens is 188 g/mol. The second-order valence-electron chi connectivity index (χ2n) is 3.56. The lowest BCUT2D eigenvalue weighted by atomic mass is 10.1. The molecule has 2 N–H and O–H groups in total. The highest BCUT2D eigenvalue weighted by Gasteiger charge is 2.40. The Kier molecular flexibility index (Phi) is 2.15. The summed E-state index contributed by atoms with van der Waals surface area (Å²) in [6, 6.07) is 6.60. The van der Waals surface area contributed by atoms with Crippen molar-refractivity contribution in [3.8, 4) is 5.75 Å². The Morgan fingerprint density at radius 1 is 1.36 bits per heavy atom. The minimum atomic E-state index is -2.78. The summed E-state index contributed by atoms with van der Waals surface area (Å²) in [5.74, 6) is 0.175. The molecule has 14 heavy (non-hydrogen) atoms. The van der Waals surface area contributed by atoms with Crippen molar-refractivity contribution in [2.75, 3.05) is 0 Å². The van der Waals surface area contributed by atoms with Gasteiger partial charge in [0.05, 0.1) is 0 Å². The van der Waals surface area contributed by atoms with Crippen molar-refractivity contribution in [1.82, 2.24) is 0 Å². The molecule has 1 aliphatic rings. The Morgan fingerprint density at radius 3 is 2.64 bits per heavy atom. The maximum Gasteiger partial charge on any atom is 0.387 e. The van der Waals surface area contributed by atoms with Crippen molar-refractivity contribution in [3.05, 3.63) is 29.8 Å². The second kappa shape index (κ2) is 3.20. The predicted molar refractivity (Wildman–Crippen MR) is 48.2 cm³/mol. The predicted octanol–water partition coefficient (Wildman–Crippen LogP) is 2.24. The fourth-order valence-electron chi connectivity index (χ4n) is 1.41. The number of nitrogens with two attached hydrogens (primary N) is 1. The molecule has 0 saturated heterocycles. The lowest BCUT2D eigenvalue weighted by Crippen LogP contribution is -2.18. The van der Waals surface area contributed by atoms with Gasteiger partial charge in [0.1, 0.15) is 5.75 Å². The van der Waals surface area contributed by atoms with E-state index in [1.54, 1.807) is 12.1 Å². The van der Waals surface area contributed by atoms with Gasteiger partial charge in [-0.2, -0.15) is 8.78 Å².